The van der Waals surface area contributed by atoms with Crippen LogP contribution in [0.2, 0.25) is 0 Å². The van der Waals surface area contributed by atoms with E-state index in [4.69, 9.17) is 4.74 Å². The lowest BCUT2D eigenvalue weighted by molar-refractivity contribution is -0.134. The van der Waals surface area contributed by atoms with Gasteiger partial charge < -0.3 is 9.64 Å². The van der Waals surface area contributed by atoms with E-state index in [-0.39, 0.29) is 12.0 Å². The monoisotopic (exact) mass is 209 g/mol. The molecular formula is C12H19NO2. The van der Waals surface area contributed by atoms with Gasteiger partial charge in [0.1, 0.15) is 0 Å². The highest BCUT2D eigenvalue weighted by atomic mass is 16.5. The lowest BCUT2D eigenvalue weighted by Crippen LogP contribution is -2.37. The molecule has 0 bridgehead atoms. The van der Waals surface area contributed by atoms with Crippen LogP contribution in [0.15, 0.2) is 12.7 Å². The number of rotatable bonds is 4. The molecule has 2 aliphatic rings. The first-order chi connectivity index (χ1) is 7.33. The molecule has 0 aromatic carbocycles. The molecule has 0 aromatic rings. The molecule has 0 N–H and O–H groups in total. The largest absolute Gasteiger partial charge is 0.373 e. The maximum absolute atomic E-state index is 12.0. The highest BCUT2D eigenvalue weighted by Crippen LogP contribution is 2.36. The number of piperidine rings is 1. The van der Waals surface area contributed by atoms with Crippen LogP contribution < -0.4 is 0 Å². The summed E-state index contributed by atoms with van der Waals surface area (Å²) >= 11 is 0. The minimum atomic E-state index is 0.142. The van der Waals surface area contributed by atoms with Gasteiger partial charge in [-0.05, 0) is 25.7 Å². The van der Waals surface area contributed by atoms with E-state index in [9.17, 15) is 4.79 Å². The van der Waals surface area contributed by atoms with Gasteiger partial charge in [0.05, 0.1) is 18.6 Å². The molecule has 2 fully saturated rings. The SMILES string of the molecule is C=CCO[C@H]1C[C@@H]1C(=O)N1CCCCC1. The molecule has 0 unspecified atom stereocenters. The van der Waals surface area contributed by atoms with E-state index in [0.29, 0.717) is 12.5 Å². The third-order valence-electron chi connectivity index (χ3n) is 3.14. The summed E-state index contributed by atoms with van der Waals surface area (Å²) in [6.07, 6.45) is 6.40. The van der Waals surface area contributed by atoms with E-state index >= 15 is 0 Å². The minimum Gasteiger partial charge on any atom is -0.373 e. The summed E-state index contributed by atoms with van der Waals surface area (Å²) in [6, 6.07) is 0. The average Bonchev–Trinajstić information content (AvgIpc) is 3.06. The molecule has 2 rings (SSSR count). The molecule has 0 aromatic heterocycles. The van der Waals surface area contributed by atoms with E-state index in [0.717, 1.165) is 32.4 Å². The van der Waals surface area contributed by atoms with Crippen molar-refractivity contribution in [3.63, 3.8) is 0 Å². The summed E-state index contributed by atoms with van der Waals surface area (Å²) in [4.78, 5) is 14.0. The second-order valence-corrected chi connectivity index (χ2v) is 4.39. The zero-order valence-electron chi connectivity index (χ0n) is 9.15. The van der Waals surface area contributed by atoms with Crippen molar-refractivity contribution in [3.05, 3.63) is 12.7 Å². The molecule has 3 nitrogen and oxygen atoms in total. The van der Waals surface area contributed by atoms with Gasteiger partial charge in [-0.2, -0.15) is 0 Å². The van der Waals surface area contributed by atoms with Crippen molar-refractivity contribution in [1.82, 2.24) is 4.90 Å². The number of carbonyl (C=O) groups is 1. The zero-order chi connectivity index (χ0) is 10.7. The molecule has 3 heteroatoms. The Kier molecular flexibility index (Phi) is 3.41. The van der Waals surface area contributed by atoms with Gasteiger partial charge in [0.15, 0.2) is 0 Å². The van der Waals surface area contributed by atoms with Gasteiger partial charge in [0, 0.05) is 13.1 Å². The predicted molar refractivity (Wildman–Crippen MR) is 58.5 cm³/mol. The van der Waals surface area contributed by atoms with Gasteiger partial charge >= 0.3 is 0 Å². The number of nitrogens with zero attached hydrogens (tertiary/aromatic N) is 1. The fourth-order valence-electron chi connectivity index (χ4n) is 2.16. The molecule has 2 atom stereocenters. The zero-order valence-corrected chi connectivity index (χ0v) is 9.15. The Balaban J connectivity index is 1.75. The van der Waals surface area contributed by atoms with Crippen LogP contribution in [0, 0.1) is 5.92 Å². The number of amides is 1. The fourth-order valence-corrected chi connectivity index (χ4v) is 2.16. The molecule has 1 amide bonds. The summed E-state index contributed by atoms with van der Waals surface area (Å²) in [5.74, 6) is 0.451. The normalized spacial score (nSPS) is 30.0. The quantitative estimate of drug-likeness (QED) is 0.658. The molecule has 0 radical (unpaired) electrons. The summed E-state index contributed by atoms with van der Waals surface area (Å²) in [5, 5.41) is 0. The van der Waals surface area contributed by atoms with Gasteiger partial charge in [-0.25, -0.2) is 0 Å². The molecule has 1 saturated heterocycles. The van der Waals surface area contributed by atoms with Crippen LogP contribution in [-0.2, 0) is 9.53 Å². The maximum Gasteiger partial charge on any atom is 0.228 e. The second kappa shape index (κ2) is 4.79. The highest BCUT2D eigenvalue weighted by Gasteiger charge is 2.45. The first-order valence-corrected chi connectivity index (χ1v) is 5.84. The van der Waals surface area contributed by atoms with Crippen LogP contribution in [0.5, 0.6) is 0 Å². The Labute approximate surface area is 91.1 Å². The van der Waals surface area contributed by atoms with Gasteiger partial charge in [-0.15, -0.1) is 6.58 Å². The van der Waals surface area contributed by atoms with Gasteiger partial charge in [0.25, 0.3) is 0 Å². The van der Waals surface area contributed by atoms with E-state index in [2.05, 4.69) is 6.58 Å². The van der Waals surface area contributed by atoms with Crippen molar-refractivity contribution in [2.24, 2.45) is 5.92 Å². The smallest absolute Gasteiger partial charge is 0.228 e. The third kappa shape index (κ3) is 2.59. The highest BCUT2D eigenvalue weighted by molar-refractivity contribution is 5.82. The minimum absolute atomic E-state index is 0.142. The van der Waals surface area contributed by atoms with E-state index < -0.39 is 0 Å². The molecule has 15 heavy (non-hydrogen) atoms. The summed E-state index contributed by atoms with van der Waals surface area (Å²) in [6.45, 7) is 6.06. The van der Waals surface area contributed by atoms with Gasteiger partial charge in [0.2, 0.25) is 5.91 Å². The Hall–Kier alpha value is -0.830. The average molecular weight is 209 g/mol. The molecule has 84 valence electrons. The van der Waals surface area contributed by atoms with Crippen LogP contribution in [0.1, 0.15) is 25.7 Å². The Morgan fingerprint density at radius 2 is 2.13 bits per heavy atom. The second-order valence-electron chi connectivity index (χ2n) is 4.39. The molecule has 1 aliphatic carbocycles. The number of ether oxygens (including phenoxy) is 1. The fraction of sp³-hybridized carbons (Fsp3) is 0.750. The van der Waals surface area contributed by atoms with Crippen molar-refractivity contribution < 1.29 is 9.53 Å². The summed E-state index contributed by atoms with van der Waals surface area (Å²) in [7, 11) is 0. The number of hydrogen-bond acceptors (Lipinski definition) is 2. The van der Waals surface area contributed by atoms with Crippen LogP contribution in [0.25, 0.3) is 0 Å². The first-order valence-electron chi connectivity index (χ1n) is 5.84. The molecular weight excluding hydrogens is 190 g/mol. The summed E-state index contributed by atoms with van der Waals surface area (Å²) in [5.41, 5.74) is 0. The van der Waals surface area contributed by atoms with E-state index in [1.165, 1.54) is 6.42 Å². The number of hydrogen-bond donors (Lipinski definition) is 0. The number of likely N-dealkylation sites (tertiary alicyclic amines) is 1. The van der Waals surface area contributed by atoms with Crippen molar-refractivity contribution in [1.29, 1.82) is 0 Å². The Morgan fingerprint density at radius 1 is 1.40 bits per heavy atom. The summed E-state index contributed by atoms with van der Waals surface area (Å²) < 4.78 is 5.46. The van der Waals surface area contributed by atoms with Crippen molar-refractivity contribution in [2.45, 2.75) is 31.8 Å². The Bertz CT molecular complexity index is 246. The van der Waals surface area contributed by atoms with E-state index in [1.54, 1.807) is 6.08 Å². The molecule has 1 saturated carbocycles. The van der Waals surface area contributed by atoms with Crippen molar-refractivity contribution in [3.8, 4) is 0 Å². The van der Waals surface area contributed by atoms with E-state index in [1.807, 2.05) is 4.90 Å². The first kappa shape index (κ1) is 10.7. The van der Waals surface area contributed by atoms with Crippen molar-refractivity contribution in [2.75, 3.05) is 19.7 Å². The molecule has 1 aliphatic heterocycles. The Morgan fingerprint density at radius 3 is 2.80 bits per heavy atom. The maximum atomic E-state index is 12.0. The van der Waals surface area contributed by atoms with Gasteiger partial charge in [-0.1, -0.05) is 6.08 Å². The predicted octanol–water partition coefficient (Wildman–Crippen LogP) is 1.59. The number of carbonyl (C=O) groups excluding carboxylic acids is 1. The van der Waals surface area contributed by atoms with Crippen LogP contribution in [-0.4, -0.2) is 36.6 Å². The third-order valence-corrected chi connectivity index (χ3v) is 3.14. The van der Waals surface area contributed by atoms with Crippen LogP contribution in [0.3, 0.4) is 0 Å². The lowest BCUT2D eigenvalue weighted by Gasteiger charge is -2.26. The lowest BCUT2D eigenvalue weighted by atomic mass is 10.1. The standard InChI is InChI=1S/C12H19NO2/c1-2-8-15-11-9-10(11)12(14)13-6-4-3-5-7-13/h2,10-11H,1,3-9H2/t10-,11-/m0/s1. The topological polar surface area (TPSA) is 29.5 Å². The van der Waals surface area contributed by atoms with Crippen LogP contribution >= 0.6 is 0 Å². The van der Waals surface area contributed by atoms with Crippen molar-refractivity contribution >= 4 is 5.91 Å². The molecule has 0 spiro atoms. The van der Waals surface area contributed by atoms with Gasteiger partial charge in [-0.3, -0.25) is 4.79 Å². The molecule has 1 heterocycles. The van der Waals surface area contributed by atoms with Crippen LogP contribution in [0.4, 0.5) is 0 Å².